The molecule has 0 radical (unpaired) electrons. The van der Waals surface area contributed by atoms with Crippen LogP contribution in [-0.2, 0) is 20.8 Å². The van der Waals surface area contributed by atoms with Crippen LogP contribution in [0, 0.1) is 13.8 Å². The van der Waals surface area contributed by atoms with Crippen LogP contribution in [0.3, 0.4) is 0 Å². The zero-order valence-corrected chi connectivity index (χ0v) is 23.1. The Labute approximate surface area is 231 Å². The van der Waals surface area contributed by atoms with Crippen molar-refractivity contribution in [1.29, 1.82) is 0 Å². The minimum absolute atomic E-state index is 0.117. The molecule has 2 aromatic carbocycles. The van der Waals surface area contributed by atoms with Gasteiger partial charge in [-0.15, -0.1) is 11.8 Å². The van der Waals surface area contributed by atoms with Gasteiger partial charge in [-0.25, -0.2) is 19.7 Å². The molecular formula is C29H31N5O4S. The molecule has 4 aromatic rings. The molecule has 4 heterocycles. The van der Waals surface area contributed by atoms with E-state index in [1.165, 1.54) is 11.1 Å². The van der Waals surface area contributed by atoms with Crippen LogP contribution in [0.4, 0.5) is 5.82 Å². The number of anilines is 1. The van der Waals surface area contributed by atoms with E-state index in [2.05, 4.69) is 35.4 Å². The van der Waals surface area contributed by atoms with Crippen molar-refractivity contribution in [3.8, 4) is 0 Å². The van der Waals surface area contributed by atoms with Gasteiger partial charge in [-0.3, -0.25) is 4.57 Å². The number of hydrogen-bond donors (Lipinski definition) is 1. The van der Waals surface area contributed by atoms with Crippen molar-refractivity contribution in [2.75, 3.05) is 11.9 Å². The summed E-state index contributed by atoms with van der Waals surface area (Å²) in [5.41, 5.74) is 4.32. The molecule has 0 bridgehead atoms. The highest BCUT2D eigenvalue weighted by atomic mass is 32.2. The summed E-state index contributed by atoms with van der Waals surface area (Å²) in [6, 6.07) is 17.4. The van der Waals surface area contributed by atoms with Gasteiger partial charge in [0.05, 0.1) is 17.1 Å². The number of nitrogens with one attached hydrogen (secondary N) is 1. The Morgan fingerprint density at radius 3 is 2.67 bits per heavy atom. The van der Waals surface area contributed by atoms with Crippen molar-refractivity contribution in [2.45, 2.75) is 62.9 Å². The minimum Gasteiger partial charge on any atom is -0.461 e. The molecule has 2 aliphatic rings. The van der Waals surface area contributed by atoms with Gasteiger partial charge in [0.15, 0.2) is 17.3 Å². The highest BCUT2D eigenvalue weighted by Gasteiger charge is 2.56. The number of carbonyl (C=O) groups excluding carboxylic acids is 1. The molecule has 39 heavy (non-hydrogen) atoms. The molecule has 0 amide bonds. The third-order valence-corrected chi connectivity index (χ3v) is 8.39. The normalized spacial score (nSPS) is 23.6. The van der Waals surface area contributed by atoms with Crippen molar-refractivity contribution < 1.29 is 19.0 Å². The number of fused-ring (bicyclic) bond motifs is 2. The first-order chi connectivity index (χ1) is 18.8. The average Bonchev–Trinajstić information content (AvgIpc) is 3.57. The number of benzene rings is 2. The first-order valence-corrected chi connectivity index (χ1v) is 14.0. The Morgan fingerprint density at radius 2 is 1.87 bits per heavy atom. The molecule has 10 heteroatoms. The van der Waals surface area contributed by atoms with Gasteiger partial charge in [-0.1, -0.05) is 48.0 Å². The van der Waals surface area contributed by atoms with Crippen LogP contribution in [0.1, 0.15) is 46.5 Å². The summed E-state index contributed by atoms with van der Waals surface area (Å²) in [5, 5.41) is 3.16. The Kier molecular flexibility index (Phi) is 6.78. The molecule has 0 aliphatic carbocycles. The second-order valence-corrected chi connectivity index (χ2v) is 11.7. The summed E-state index contributed by atoms with van der Waals surface area (Å²) < 4.78 is 20.4. The van der Waals surface area contributed by atoms with E-state index in [1.807, 2.05) is 49.6 Å². The molecule has 2 aliphatic heterocycles. The average molecular weight is 546 g/mol. The summed E-state index contributed by atoms with van der Waals surface area (Å²) in [4.78, 5) is 26.7. The molecule has 6 rings (SSSR count). The van der Waals surface area contributed by atoms with Crippen LogP contribution in [0.2, 0.25) is 0 Å². The van der Waals surface area contributed by atoms with Crippen LogP contribution < -0.4 is 5.32 Å². The Bertz CT molecular complexity index is 1510. The van der Waals surface area contributed by atoms with Crippen molar-refractivity contribution in [3.05, 3.63) is 83.4 Å². The highest BCUT2D eigenvalue weighted by Crippen LogP contribution is 2.51. The zero-order valence-electron chi connectivity index (χ0n) is 22.3. The summed E-state index contributed by atoms with van der Waals surface area (Å²) in [6.45, 7) is 8.61. The van der Waals surface area contributed by atoms with Crippen molar-refractivity contribution in [2.24, 2.45) is 0 Å². The topological polar surface area (TPSA) is 100 Å². The molecule has 4 atom stereocenters. The van der Waals surface area contributed by atoms with Gasteiger partial charge < -0.3 is 19.5 Å². The van der Waals surface area contributed by atoms with E-state index in [-0.39, 0.29) is 35.4 Å². The number of aryl methyl sites for hydroxylation is 2. The smallest absolute Gasteiger partial charge is 0.338 e. The predicted octanol–water partition coefficient (Wildman–Crippen LogP) is 5.05. The van der Waals surface area contributed by atoms with Gasteiger partial charge >= 0.3 is 5.97 Å². The maximum Gasteiger partial charge on any atom is 0.338 e. The molecule has 4 unspecified atom stereocenters. The van der Waals surface area contributed by atoms with Crippen molar-refractivity contribution in [1.82, 2.24) is 19.5 Å². The maximum absolute atomic E-state index is 12.6. The van der Waals surface area contributed by atoms with Crippen LogP contribution >= 0.6 is 11.8 Å². The maximum atomic E-state index is 12.6. The van der Waals surface area contributed by atoms with Crippen LogP contribution in [0.25, 0.3) is 11.2 Å². The minimum atomic E-state index is -0.752. The lowest BCUT2D eigenvalue weighted by atomic mass is 10.1. The highest BCUT2D eigenvalue weighted by molar-refractivity contribution is 8.00. The SMILES string of the molecule is Cc1cccc(CNc2nc(C)nc3c2ncn3C2SC(COC(=O)c3ccccc3)C3OC(C)(C)OC32)c1. The van der Waals surface area contributed by atoms with Gasteiger partial charge in [0, 0.05) is 6.54 Å². The summed E-state index contributed by atoms with van der Waals surface area (Å²) >= 11 is 1.65. The number of nitrogens with zero attached hydrogens (tertiary/aromatic N) is 4. The van der Waals surface area contributed by atoms with Crippen LogP contribution in [-0.4, -0.2) is 55.3 Å². The van der Waals surface area contributed by atoms with E-state index >= 15 is 0 Å². The lowest BCUT2D eigenvalue weighted by Gasteiger charge is -2.24. The van der Waals surface area contributed by atoms with E-state index in [0.717, 1.165) is 5.65 Å². The third kappa shape index (κ3) is 5.24. The molecule has 1 N–H and O–H groups in total. The van der Waals surface area contributed by atoms with Gasteiger partial charge in [0.1, 0.15) is 35.5 Å². The molecule has 9 nitrogen and oxygen atoms in total. The second kappa shape index (κ2) is 10.3. The first-order valence-electron chi connectivity index (χ1n) is 13.0. The van der Waals surface area contributed by atoms with Gasteiger partial charge in [-0.05, 0) is 45.4 Å². The second-order valence-electron chi connectivity index (χ2n) is 10.4. The monoisotopic (exact) mass is 545 g/mol. The lowest BCUT2D eigenvalue weighted by Crippen LogP contribution is -2.32. The number of hydrogen-bond acceptors (Lipinski definition) is 9. The lowest BCUT2D eigenvalue weighted by molar-refractivity contribution is -0.149. The fraction of sp³-hybridized carbons (Fsp3) is 0.379. The molecule has 2 saturated heterocycles. The summed E-state index contributed by atoms with van der Waals surface area (Å²) in [6.07, 6.45) is 1.28. The van der Waals surface area contributed by atoms with Crippen molar-refractivity contribution >= 4 is 34.7 Å². The fourth-order valence-corrected chi connectivity index (χ4v) is 6.70. The van der Waals surface area contributed by atoms with Gasteiger partial charge in [-0.2, -0.15) is 0 Å². The molecule has 2 aromatic heterocycles. The number of aromatic nitrogens is 4. The molecule has 202 valence electrons. The quantitative estimate of drug-likeness (QED) is 0.320. The van der Waals surface area contributed by atoms with E-state index in [1.54, 1.807) is 30.2 Å². The number of ether oxygens (including phenoxy) is 3. The predicted molar refractivity (Wildman–Crippen MR) is 150 cm³/mol. The number of thioether (sulfide) groups is 1. The Morgan fingerprint density at radius 1 is 1.08 bits per heavy atom. The van der Waals surface area contributed by atoms with Gasteiger partial charge in [0.25, 0.3) is 0 Å². The Hall–Kier alpha value is -3.47. The van der Waals surface area contributed by atoms with Gasteiger partial charge in [0.2, 0.25) is 0 Å². The standard InChI is InChI=1S/C29H31N5O4S/c1-17-9-8-10-19(13-17)14-30-25-22-26(33-18(2)32-25)34(16-31-22)27-24-23(37-29(3,4)38-24)21(39-27)15-36-28(35)20-11-6-5-7-12-20/h5-13,16,21,23-24,27H,14-15H2,1-4H3,(H,30,32,33). The van der Waals surface area contributed by atoms with Crippen LogP contribution in [0.15, 0.2) is 60.9 Å². The van der Waals surface area contributed by atoms with E-state index in [0.29, 0.717) is 29.3 Å². The van der Waals surface area contributed by atoms with Crippen LogP contribution in [0.5, 0.6) is 0 Å². The first kappa shape index (κ1) is 25.8. The number of imidazole rings is 1. The van der Waals surface area contributed by atoms with E-state index < -0.39 is 5.79 Å². The largest absolute Gasteiger partial charge is 0.461 e. The fourth-order valence-electron chi connectivity index (χ4n) is 5.18. The van der Waals surface area contributed by atoms with Crippen molar-refractivity contribution in [3.63, 3.8) is 0 Å². The van der Waals surface area contributed by atoms with E-state index in [4.69, 9.17) is 24.2 Å². The molecule has 2 fully saturated rings. The molecular weight excluding hydrogens is 514 g/mol. The molecule has 0 saturated carbocycles. The Balaban J connectivity index is 1.25. The summed E-state index contributed by atoms with van der Waals surface area (Å²) in [5.74, 6) is 0.232. The number of esters is 1. The number of carbonyl (C=O) groups is 1. The zero-order chi connectivity index (χ0) is 27.1. The number of rotatable bonds is 7. The summed E-state index contributed by atoms with van der Waals surface area (Å²) in [7, 11) is 0. The molecule has 0 spiro atoms. The van der Waals surface area contributed by atoms with E-state index in [9.17, 15) is 4.79 Å². The third-order valence-electron chi connectivity index (χ3n) is 6.86.